The summed E-state index contributed by atoms with van der Waals surface area (Å²) in [6, 6.07) is 17.8. The van der Waals surface area contributed by atoms with Gasteiger partial charge in [-0.05, 0) is 41.0 Å². The first kappa shape index (κ1) is 15.4. The van der Waals surface area contributed by atoms with Crippen molar-refractivity contribution in [2.75, 3.05) is 6.54 Å². The zero-order valence-corrected chi connectivity index (χ0v) is 14.5. The van der Waals surface area contributed by atoms with Crippen molar-refractivity contribution in [3.63, 3.8) is 0 Å². The molecule has 124 valence electrons. The lowest BCUT2D eigenvalue weighted by Gasteiger charge is -2.45. The maximum Gasteiger partial charge on any atom is 0.222 e. The van der Waals surface area contributed by atoms with Crippen LogP contribution in [0.1, 0.15) is 60.8 Å². The Morgan fingerprint density at radius 2 is 1.58 bits per heavy atom. The van der Waals surface area contributed by atoms with E-state index in [-0.39, 0.29) is 11.8 Å². The van der Waals surface area contributed by atoms with Gasteiger partial charge in [-0.3, -0.25) is 4.79 Å². The van der Waals surface area contributed by atoms with Gasteiger partial charge in [-0.2, -0.15) is 0 Å². The van der Waals surface area contributed by atoms with Gasteiger partial charge in [0.1, 0.15) is 0 Å². The summed E-state index contributed by atoms with van der Waals surface area (Å²) in [6.07, 6.45) is 2.04. The van der Waals surface area contributed by atoms with E-state index in [1.54, 1.807) is 0 Å². The van der Waals surface area contributed by atoms with Crippen molar-refractivity contribution >= 4 is 5.91 Å². The molecule has 2 aromatic carbocycles. The minimum absolute atomic E-state index is 0.102. The van der Waals surface area contributed by atoms with E-state index in [2.05, 4.69) is 60.8 Å². The van der Waals surface area contributed by atoms with Gasteiger partial charge in [0.15, 0.2) is 0 Å². The third kappa shape index (κ3) is 2.36. The van der Waals surface area contributed by atoms with Crippen molar-refractivity contribution in [3.8, 4) is 0 Å². The standard InChI is InChI=1S/C22H25NO/c1-3-14(2)22(24)23-13-15-12-20-16-8-4-6-10-18(16)21(15)19-11-7-5-9-17(19)20/h4-11,14-15,20-21H,3,12-13H2,1-2H3,(H,23,24)/t14-,15-,20?,21?/m1/s1. The number of carbonyl (C=O) groups is 1. The second-order valence-electron chi connectivity index (χ2n) is 7.34. The molecule has 3 aliphatic carbocycles. The third-order valence-electron chi connectivity index (χ3n) is 6.02. The molecule has 1 amide bonds. The number of hydrogen-bond acceptors (Lipinski definition) is 1. The molecule has 2 bridgehead atoms. The number of fused-ring (bicyclic) bond motifs is 1. The third-order valence-corrected chi connectivity index (χ3v) is 6.02. The highest BCUT2D eigenvalue weighted by atomic mass is 16.1. The summed E-state index contributed by atoms with van der Waals surface area (Å²) in [5, 5.41) is 3.21. The molecule has 3 aliphatic rings. The van der Waals surface area contributed by atoms with E-state index < -0.39 is 0 Å². The molecule has 0 aromatic heterocycles. The molecular formula is C22H25NO. The summed E-state index contributed by atoms with van der Waals surface area (Å²) in [4.78, 5) is 12.2. The zero-order chi connectivity index (χ0) is 16.7. The number of hydrogen-bond donors (Lipinski definition) is 1. The molecule has 1 N–H and O–H groups in total. The number of nitrogens with one attached hydrogen (secondary N) is 1. The van der Waals surface area contributed by atoms with Crippen LogP contribution in [0.2, 0.25) is 0 Å². The van der Waals surface area contributed by atoms with Crippen molar-refractivity contribution in [3.05, 3.63) is 70.8 Å². The summed E-state index contributed by atoms with van der Waals surface area (Å²) in [5.74, 6) is 1.69. The van der Waals surface area contributed by atoms with Gasteiger partial charge in [0, 0.05) is 24.3 Å². The Kier molecular flexibility index (Phi) is 3.91. The van der Waals surface area contributed by atoms with Crippen LogP contribution >= 0.6 is 0 Å². The Morgan fingerprint density at radius 3 is 2.12 bits per heavy atom. The molecule has 2 heteroatoms. The second-order valence-corrected chi connectivity index (χ2v) is 7.34. The van der Waals surface area contributed by atoms with E-state index >= 15 is 0 Å². The van der Waals surface area contributed by atoms with Crippen molar-refractivity contribution < 1.29 is 4.79 Å². The van der Waals surface area contributed by atoms with E-state index in [9.17, 15) is 4.79 Å². The molecule has 0 unspecified atom stereocenters. The first-order valence-corrected chi connectivity index (χ1v) is 9.16. The van der Waals surface area contributed by atoms with Crippen molar-refractivity contribution in [1.29, 1.82) is 0 Å². The first-order valence-electron chi connectivity index (χ1n) is 9.16. The highest BCUT2D eigenvalue weighted by molar-refractivity contribution is 5.78. The average molecular weight is 319 g/mol. The predicted molar refractivity (Wildman–Crippen MR) is 97.1 cm³/mol. The van der Waals surface area contributed by atoms with E-state index in [0.717, 1.165) is 19.4 Å². The zero-order valence-electron chi connectivity index (χ0n) is 14.5. The van der Waals surface area contributed by atoms with Crippen LogP contribution in [-0.2, 0) is 4.79 Å². The number of carbonyl (C=O) groups excluding carboxylic acids is 1. The van der Waals surface area contributed by atoms with E-state index in [1.165, 1.54) is 22.3 Å². The first-order chi connectivity index (χ1) is 11.7. The maximum atomic E-state index is 12.2. The molecule has 0 saturated carbocycles. The van der Waals surface area contributed by atoms with Crippen molar-refractivity contribution in [2.45, 2.75) is 38.5 Å². The van der Waals surface area contributed by atoms with Crippen LogP contribution in [0.3, 0.4) is 0 Å². The highest BCUT2D eigenvalue weighted by Gasteiger charge is 2.42. The lowest BCUT2D eigenvalue weighted by Crippen LogP contribution is -2.40. The molecule has 0 heterocycles. The molecule has 0 fully saturated rings. The van der Waals surface area contributed by atoms with Crippen molar-refractivity contribution in [1.82, 2.24) is 5.32 Å². The largest absolute Gasteiger partial charge is 0.356 e. The van der Waals surface area contributed by atoms with Gasteiger partial charge in [-0.1, -0.05) is 62.4 Å². The summed E-state index contributed by atoms with van der Waals surface area (Å²) in [5.41, 5.74) is 5.92. The van der Waals surface area contributed by atoms with E-state index in [1.807, 2.05) is 6.92 Å². The van der Waals surface area contributed by atoms with Gasteiger partial charge in [0.05, 0.1) is 0 Å². The fraction of sp³-hybridized carbons (Fsp3) is 0.409. The van der Waals surface area contributed by atoms with Crippen LogP contribution in [0.25, 0.3) is 0 Å². The topological polar surface area (TPSA) is 29.1 Å². The fourth-order valence-electron chi connectivity index (χ4n) is 4.55. The van der Waals surface area contributed by atoms with E-state index in [0.29, 0.717) is 17.8 Å². The van der Waals surface area contributed by atoms with Crippen LogP contribution in [-0.4, -0.2) is 12.5 Å². The van der Waals surface area contributed by atoms with Gasteiger partial charge >= 0.3 is 0 Å². The number of rotatable bonds is 4. The molecule has 2 nitrogen and oxygen atoms in total. The summed E-state index contributed by atoms with van der Waals surface area (Å²) in [7, 11) is 0. The molecule has 0 saturated heterocycles. The molecule has 24 heavy (non-hydrogen) atoms. The van der Waals surface area contributed by atoms with E-state index in [4.69, 9.17) is 0 Å². The monoisotopic (exact) mass is 319 g/mol. The fourth-order valence-corrected chi connectivity index (χ4v) is 4.55. The minimum atomic E-state index is 0.102. The Morgan fingerprint density at radius 1 is 1.04 bits per heavy atom. The summed E-state index contributed by atoms with van der Waals surface area (Å²) < 4.78 is 0. The highest BCUT2D eigenvalue weighted by Crippen LogP contribution is 2.55. The van der Waals surface area contributed by atoms with Crippen LogP contribution in [0.4, 0.5) is 0 Å². The Balaban J connectivity index is 1.65. The van der Waals surface area contributed by atoms with Gasteiger partial charge in [0.2, 0.25) is 5.91 Å². The van der Waals surface area contributed by atoms with Crippen LogP contribution in [0.5, 0.6) is 0 Å². The Bertz CT molecular complexity index is 719. The van der Waals surface area contributed by atoms with Gasteiger partial charge in [-0.25, -0.2) is 0 Å². The van der Waals surface area contributed by atoms with Gasteiger partial charge < -0.3 is 5.32 Å². The molecular weight excluding hydrogens is 294 g/mol. The average Bonchev–Trinajstić information content (AvgIpc) is 2.65. The maximum absolute atomic E-state index is 12.2. The predicted octanol–water partition coefficient (Wildman–Crippen LogP) is 4.45. The van der Waals surface area contributed by atoms with Crippen LogP contribution < -0.4 is 5.32 Å². The molecule has 0 aliphatic heterocycles. The minimum Gasteiger partial charge on any atom is -0.356 e. The normalized spacial score (nSPS) is 24.8. The molecule has 2 atom stereocenters. The molecule has 0 spiro atoms. The summed E-state index contributed by atoms with van der Waals surface area (Å²) >= 11 is 0. The van der Waals surface area contributed by atoms with Crippen molar-refractivity contribution in [2.24, 2.45) is 11.8 Å². The molecule has 2 aromatic rings. The molecule has 0 radical (unpaired) electrons. The van der Waals surface area contributed by atoms with Gasteiger partial charge in [-0.15, -0.1) is 0 Å². The van der Waals surface area contributed by atoms with Crippen LogP contribution in [0, 0.1) is 11.8 Å². The number of amides is 1. The quantitative estimate of drug-likeness (QED) is 0.886. The lowest BCUT2D eigenvalue weighted by atomic mass is 9.59. The van der Waals surface area contributed by atoms with Crippen LogP contribution in [0.15, 0.2) is 48.5 Å². The Hall–Kier alpha value is -2.09. The molecule has 5 rings (SSSR count). The Labute approximate surface area is 144 Å². The number of benzene rings is 2. The summed E-state index contributed by atoms with van der Waals surface area (Å²) in [6.45, 7) is 4.86. The second kappa shape index (κ2) is 6.08. The van der Waals surface area contributed by atoms with Gasteiger partial charge in [0.25, 0.3) is 0 Å². The smallest absolute Gasteiger partial charge is 0.222 e. The SMILES string of the molecule is CC[C@@H](C)C(=O)NC[C@H]1CC2c3ccccc3C1c1ccccc12. The lowest BCUT2D eigenvalue weighted by molar-refractivity contribution is -0.124.